The molecule has 0 bridgehead atoms. The summed E-state index contributed by atoms with van der Waals surface area (Å²) in [7, 11) is 0. The summed E-state index contributed by atoms with van der Waals surface area (Å²) in [6, 6.07) is 0. The molecule has 2 heteroatoms. The summed E-state index contributed by atoms with van der Waals surface area (Å²) in [5.41, 5.74) is -0.416. The minimum absolute atomic E-state index is 0.265. The molecular weight excluding hydrogens is 164 g/mol. The van der Waals surface area contributed by atoms with Crippen molar-refractivity contribution in [3.8, 4) is 0 Å². The maximum atomic E-state index is 11.2. The smallest absolute Gasteiger partial charge is 0.309 e. The van der Waals surface area contributed by atoms with Gasteiger partial charge in [-0.25, -0.2) is 0 Å². The van der Waals surface area contributed by atoms with Crippen molar-refractivity contribution in [1.29, 1.82) is 0 Å². The molecule has 1 aliphatic rings. The number of carboxylic acid groups (broad SMARTS) is 1. The van der Waals surface area contributed by atoms with Gasteiger partial charge in [-0.15, -0.1) is 0 Å². The minimum Gasteiger partial charge on any atom is -0.481 e. The summed E-state index contributed by atoms with van der Waals surface area (Å²) in [4.78, 5) is 11.2. The van der Waals surface area contributed by atoms with Crippen LogP contribution in [0.15, 0.2) is 0 Å². The first-order valence-corrected chi connectivity index (χ1v) is 5.26. The van der Waals surface area contributed by atoms with Crippen molar-refractivity contribution in [1.82, 2.24) is 0 Å². The van der Waals surface area contributed by atoms with Crippen LogP contribution in [0.3, 0.4) is 0 Å². The van der Waals surface area contributed by atoms with E-state index in [4.69, 9.17) is 0 Å². The molecule has 0 amide bonds. The molecular formula is C11H20O2. The highest BCUT2D eigenvalue weighted by Gasteiger charge is 2.46. The fourth-order valence-corrected chi connectivity index (χ4v) is 2.49. The highest BCUT2D eigenvalue weighted by Crippen LogP contribution is 2.48. The van der Waals surface area contributed by atoms with E-state index in [2.05, 4.69) is 6.92 Å². The predicted molar refractivity (Wildman–Crippen MR) is 52.5 cm³/mol. The zero-order chi connectivity index (χ0) is 10.1. The molecule has 2 nitrogen and oxygen atoms in total. The van der Waals surface area contributed by atoms with E-state index in [-0.39, 0.29) is 5.92 Å². The standard InChI is InChI=1S/C11H20O2/c1-4-9-5-6-11(7-9,8(2)3)10(12)13/h8-9H,4-7H2,1-3H3,(H,12,13). The third-order valence-corrected chi connectivity index (χ3v) is 3.76. The Labute approximate surface area is 80.3 Å². The monoisotopic (exact) mass is 184 g/mol. The van der Waals surface area contributed by atoms with Gasteiger partial charge in [-0.05, 0) is 31.1 Å². The van der Waals surface area contributed by atoms with Crippen LogP contribution < -0.4 is 0 Å². The average Bonchev–Trinajstić information content (AvgIpc) is 2.48. The molecule has 1 fully saturated rings. The maximum absolute atomic E-state index is 11.2. The fraction of sp³-hybridized carbons (Fsp3) is 0.909. The van der Waals surface area contributed by atoms with Crippen LogP contribution >= 0.6 is 0 Å². The van der Waals surface area contributed by atoms with Crippen molar-refractivity contribution >= 4 is 5.97 Å². The zero-order valence-corrected chi connectivity index (χ0v) is 8.84. The van der Waals surface area contributed by atoms with Gasteiger partial charge < -0.3 is 5.11 Å². The molecule has 0 spiro atoms. The van der Waals surface area contributed by atoms with Gasteiger partial charge in [0.15, 0.2) is 0 Å². The van der Waals surface area contributed by atoms with Gasteiger partial charge in [-0.2, -0.15) is 0 Å². The molecule has 1 N–H and O–H groups in total. The van der Waals surface area contributed by atoms with E-state index in [1.54, 1.807) is 0 Å². The molecule has 2 atom stereocenters. The second-order valence-corrected chi connectivity index (χ2v) is 4.63. The van der Waals surface area contributed by atoms with E-state index < -0.39 is 11.4 Å². The number of carbonyl (C=O) groups is 1. The Bertz CT molecular complexity index is 198. The van der Waals surface area contributed by atoms with Crippen LogP contribution in [0, 0.1) is 17.3 Å². The molecule has 0 saturated heterocycles. The van der Waals surface area contributed by atoms with Gasteiger partial charge in [0.2, 0.25) is 0 Å². The van der Waals surface area contributed by atoms with Crippen molar-refractivity contribution in [2.24, 2.45) is 17.3 Å². The van der Waals surface area contributed by atoms with Crippen molar-refractivity contribution in [2.45, 2.75) is 46.5 Å². The van der Waals surface area contributed by atoms with Gasteiger partial charge in [0, 0.05) is 0 Å². The Morgan fingerprint density at radius 3 is 2.46 bits per heavy atom. The Morgan fingerprint density at radius 1 is 1.62 bits per heavy atom. The first kappa shape index (κ1) is 10.6. The Hall–Kier alpha value is -0.530. The molecule has 1 saturated carbocycles. The molecule has 1 rings (SSSR count). The third-order valence-electron chi connectivity index (χ3n) is 3.76. The molecule has 0 aliphatic heterocycles. The topological polar surface area (TPSA) is 37.3 Å². The van der Waals surface area contributed by atoms with E-state index in [0.29, 0.717) is 5.92 Å². The predicted octanol–water partition coefficient (Wildman–Crippen LogP) is 2.92. The van der Waals surface area contributed by atoms with Gasteiger partial charge >= 0.3 is 5.97 Å². The molecule has 2 unspecified atom stereocenters. The van der Waals surface area contributed by atoms with Crippen LogP contribution in [0.25, 0.3) is 0 Å². The lowest BCUT2D eigenvalue weighted by atomic mass is 9.75. The van der Waals surface area contributed by atoms with Crippen molar-refractivity contribution in [2.75, 3.05) is 0 Å². The summed E-state index contributed by atoms with van der Waals surface area (Å²) in [6.45, 7) is 6.22. The van der Waals surface area contributed by atoms with Crippen molar-refractivity contribution < 1.29 is 9.90 Å². The van der Waals surface area contributed by atoms with E-state index >= 15 is 0 Å². The summed E-state index contributed by atoms with van der Waals surface area (Å²) in [5.74, 6) is 0.318. The number of carboxylic acids is 1. The average molecular weight is 184 g/mol. The first-order chi connectivity index (χ1) is 6.03. The van der Waals surface area contributed by atoms with Crippen LogP contribution in [0.4, 0.5) is 0 Å². The van der Waals surface area contributed by atoms with Crippen LogP contribution in [-0.2, 0) is 4.79 Å². The van der Waals surface area contributed by atoms with Crippen LogP contribution in [0.5, 0.6) is 0 Å². The molecule has 0 heterocycles. The first-order valence-electron chi connectivity index (χ1n) is 5.26. The number of rotatable bonds is 3. The van der Waals surface area contributed by atoms with E-state index in [9.17, 15) is 9.90 Å². The van der Waals surface area contributed by atoms with Crippen LogP contribution in [-0.4, -0.2) is 11.1 Å². The lowest BCUT2D eigenvalue weighted by molar-refractivity contribution is -0.151. The zero-order valence-electron chi connectivity index (χ0n) is 8.84. The quantitative estimate of drug-likeness (QED) is 0.732. The Morgan fingerprint density at radius 2 is 2.23 bits per heavy atom. The molecule has 13 heavy (non-hydrogen) atoms. The molecule has 0 aromatic carbocycles. The number of aliphatic carboxylic acids is 1. The maximum Gasteiger partial charge on any atom is 0.309 e. The Kier molecular flexibility index (Phi) is 2.99. The normalized spacial score (nSPS) is 34.0. The second kappa shape index (κ2) is 3.69. The van der Waals surface area contributed by atoms with E-state index in [1.807, 2.05) is 13.8 Å². The summed E-state index contributed by atoms with van der Waals surface area (Å²) >= 11 is 0. The fourth-order valence-electron chi connectivity index (χ4n) is 2.49. The molecule has 0 aromatic heterocycles. The second-order valence-electron chi connectivity index (χ2n) is 4.63. The largest absolute Gasteiger partial charge is 0.481 e. The third kappa shape index (κ3) is 1.72. The van der Waals surface area contributed by atoms with Gasteiger partial charge in [0.25, 0.3) is 0 Å². The minimum atomic E-state index is -0.585. The highest BCUT2D eigenvalue weighted by molar-refractivity contribution is 5.75. The van der Waals surface area contributed by atoms with Crippen molar-refractivity contribution in [3.05, 3.63) is 0 Å². The lowest BCUT2D eigenvalue weighted by Crippen LogP contribution is -2.33. The molecule has 1 aliphatic carbocycles. The SMILES string of the molecule is CCC1CCC(C(=O)O)(C(C)C)C1. The number of hydrogen-bond donors (Lipinski definition) is 1. The molecule has 76 valence electrons. The van der Waals surface area contributed by atoms with E-state index in [0.717, 1.165) is 25.7 Å². The summed E-state index contributed by atoms with van der Waals surface area (Å²) < 4.78 is 0. The van der Waals surface area contributed by atoms with Crippen LogP contribution in [0.2, 0.25) is 0 Å². The van der Waals surface area contributed by atoms with E-state index in [1.165, 1.54) is 0 Å². The van der Waals surface area contributed by atoms with Gasteiger partial charge in [0.1, 0.15) is 0 Å². The van der Waals surface area contributed by atoms with Gasteiger partial charge in [-0.1, -0.05) is 27.2 Å². The van der Waals surface area contributed by atoms with Crippen LogP contribution in [0.1, 0.15) is 46.5 Å². The lowest BCUT2D eigenvalue weighted by Gasteiger charge is -2.28. The molecule has 0 aromatic rings. The van der Waals surface area contributed by atoms with Gasteiger partial charge in [-0.3, -0.25) is 4.79 Å². The summed E-state index contributed by atoms with van der Waals surface area (Å²) in [6.07, 6.45) is 3.98. The highest BCUT2D eigenvalue weighted by atomic mass is 16.4. The van der Waals surface area contributed by atoms with Gasteiger partial charge in [0.05, 0.1) is 5.41 Å². The Balaban J connectivity index is 2.78. The van der Waals surface area contributed by atoms with Crippen molar-refractivity contribution in [3.63, 3.8) is 0 Å². The number of hydrogen-bond acceptors (Lipinski definition) is 1. The molecule has 0 radical (unpaired) electrons. The summed E-state index contributed by atoms with van der Waals surface area (Å²) in [5, 5.41) is 9.25.